The highest BCUT2D eigenvalue weighted by Gasteiger charge is 2.40. The van der Waals surface area contributed by atoms with E-state index in [1.165, 1.54) is 12.1 Å². The van der Waals surface area contributed by atoms with Gasteiger partial charge in [0.15, 0.2) is 0 Å². The molecule has 1 fully saturated rings. The predicted molar refractivity (Wildman–Crippen MR) is 75.6 cm³/mol. The van der Waals surface area contributed by atoms with Crippen molar-refractivity contribution in [3.63, 3.8) is 0 Å². The van der Waals surface area contributed by atoms with Crippen molar-refractivity contribution in [2.45, 2.75) is 25.2 Å². The lowest BCUT2D eigenvalue weighted by Crippen LogP contribution is -2.65. The number of likely N-dealkylation sites (tertiary alicyclic amines) is 1. The quantitative estimate of drug-likeness (QED) is 0.868. The molecule has 7 heteroatoms. The van der Waals surface area contributed by atoms with E-state index >= 15 is 0 Å². The fraction of sp³-hybridized carbons (Fsp3) is 0.400. The van der Waals surface area contributed by atoms with Crippen LogP contribution in [0.3, 0.4) is 0 Å². The molecule has 2 amide bonds. The molecule has 0 spiro atoms. The van der Waals surface area contributed by atoms with Gasteiger partial charge in [-0.3, -0.25) is 0 Å². The van der Waals surface area contributed by atoms with Gasteiger partial charge in [0.1, 0.15) is 11.9 Å². The Hall–Kier alpha value is -2.18. The van der Waals surface area contributed by atoms with Crippen molar-refractivity contribution in [1.82, 2.24) is 10.2 Å². The summed E-state index contributed by atoms with van der Waals surface area (Å²) in [5.74, 6) is 0.151. The Morgan fingerprint density at radius 1 is 1.55 bits per heavy atom. The first-order chi connectivity index (χ1) is 10.3. The molecule has 2 atom stereocenters. The Morgan fingerprint density at radius 2 is 2.27 bits per heavy atom. The number of alkyl halides is 3. The molecule has 0 aliphatic carbocycles. The lowest BCUT2D eigenvalue weighted by molar-refractivity contribution is -0.137. The van der Waals surface area contributed by atoms with E-state index in [2.05, 4.69) is 11.9 Å². The number of carbonyl (C=O) groups excluding carboxylic acids is 1. The number of hydrogen-bond donors (Lipinski definition) is 1. The molecule has 0 saturated carbocycles. The molecule has 4 nitrogen and oxygen atoms in total. The largest absolute Gasteiger partial charge is 0.486 e. The zero-order chi connectivity index (χ0) is 16.3. The smallest absolute Gasteiger partial charge is 0.416 e. The van der Waals surface area contributed by atoms with Gasteiger partial charge in [0.2, 0.25) is 0 Å². The highest BCUT2D eigenvalue weighted by molar-refractivity contribution is 5.75. The summed E-state index contributed by atoms with van der Waals surface area (Å²) < 4.78 is 43.5. The summed E-state index contributed by atoms with van der Waals surface area (Å²) in [6.07, 6.45) is -3.15. The standard InChI is InChI=1S/C15H17F3N2O2/c1-3-7-19-14(21)20-9-13(10(20)2)22-12-6-4-5-11(8-12)15(16,17)18/h3-6,8,10,13H,1,7,9H2,2H3,(H,19,21). The molecule has 1 aliphatic heterocycles. The van der Waals surface area contributed by atoms with Crippen molar-refractivity contribution in [3.8, 4) is 5.75 Å². The van der Waals surface area contributed by atoms with E-state index < -0.39 is 11.7 Å². The van der Waals surface area contributed by atoms with Crippen LogP contribution in [0.15, 0.2) is 36.9 Å². The molecule has 1 saturated heterocycles. The van der Waals surface area contributed by atoms with Crippen LogP contribution in [0.5, 0.6) is 5.75 Å². The number of benzene rings is 1. The maximum absolute atomic E-state index is 12.6. The minimum absolute atomic E-state index is 0.151. The summed E-state index contributed by atoms with van der Waals surface area (Å²) >= 11 is 0. The lowest BCUT2D eigenvalue weighted by atomic mass is 10.0. The zero-order valence-corrected chi connectivity index (χ0v) is 12.1. The minimum atomic E-state index is -4.40. The molecule has 0 aromatic heterocycles. The Morgan fingerprint density at radius 3 is 2.86 bits per heavy atom. The van der Waals surface area contributed by atoms with Crippen LogP contribution in [-0.4, -0.2) is 36.2 Å². The number of carbonyl (C=O) groups is 1. The number of halogens is 3. The van der Waals surface area contributed by atoms with E-state index in [1.807, 2.05) is 0 Å². The van der Waals surface area contributed by atoms with Gasteiger partial charge < -0.3 is 15.0 Å². The monoisotopic (exact) mass is 314 g/mol. The van der Waals surface area contributed by atoms with Gasteiger partial charge in [0, 0.05) is 6.54 Å². The summed E-state index contributed by atoms with van der Waals surface area (Å²) in [7, 11) is 0. The second kappa shape index (κ2) is 6.29. The van der Waals surface area contributed by atoms with Crippen LogP contribution in [-0.2, 0) is 6.18 Å². The summed E-state index contributed by atoms with van der Waals surface area (Å²) in [6, 6.07) is 4.29. The van der Waals surface area contributed by atoms with Crippen LogP contribution in [0.2, 0.25) is 0 Å². The molecule has 1 aliphatic rings. The Labute approximate surface area is 126 Å². The lowest BCUT2D eigenvalue weighted by Gasteiger charge is -2.45. The van der Waals surface area contributed by atoms with E-state index in [9.17, 15) is 18.0 Å². The van der Waals surface area contributed by atoms with Crippen LogP contribution in [0.1, 0.15) is 12.5 Å². The van der Waals surface area contributed by atoms with E-state index in [0.29, 0.717) is 13.1 Å². The number of rotatable bonds is 4. The number of nitrogens with one attached hydrogen (secondary N) is 1. The number of amides is 2. The molecule has 1 aromatic carbocycles. The van der Waals surface area contributed by atoms with Gasteiger partial charge in [-0.25, -0.2) is 4.79 Å². The van der Waals surface area contributed by atoms with Gasteiger partial charge in [-0.05, 0) is 25.1 Å². The number of ether oxygens (including phenoxy) is 1. The summed E-state index contributed by atoms with van der Waals surface area (Å²) in [6.45, 7) is 5.99. The van der Waals surface area contributed by atoms with Gasteiger partial charge in [0.05, 0.1) is 18.2 Å². The normalized spacial score (nSPS) is 21.0. The zero-order valence-electron chi connectivity index (χ0n) is 12.1. The Kier molecular flexibility index (Phi) is 4.63. The van der Waals surface area contributed by atoms with Crippen LogP contribution in [0.4, 0.5) is 18.0 Å². The van der Waals surface area contributed by atoms with Gasteiger partial charge in [-0.15, -0.1) is 6.58 Å². The van der Waals surface area contributed by atoms with Crippen molar-refractivity contribution in [3.05, 3.63) is 42.5 Å². The van der Waals surface area contributed by atoms with E-state index in [-0.39, 0.29) is 23.9 Å². The number of urea groups is 1. The highest BCUT2D eigenvalue weighted by atomic mass is 19.4. The summed E-state index contributed by atoms with van der Waals surface area (Å²) in [5, 5.41) is 2.64. The van der Waals surface area contributed by atoms with Crippen LogP contribution >= 0.6 is 0 Å². The molecule has 2 rings (SSSR count). The molecule has 0 bridgehead atoms. The predicted octanol–water partition coefficient (Wildman–Crippen LogP) is 3.05. The van der Waals surface area contributed by atoms with Crippen molar-refractivity contribution < 1.29 is 22.7 Å². The molecule has 120 valence electrons. The molecule has 1 N–H and O–H groups in total. The number of hydrogen-bond acceptors (Lipinski definition) is 2. The van der Waals surface area contributed by atoms with Gasteiger partial charge >= 0.3 is 12.2 Å². The molecular weight excluding hydrogens is 297 g/mol. The second-order valence-corrected chi connectivity index (χ2v) is 5.05. The van der Waals surface area contributed by atoms with Crippen LogP contribution in [0, 0.1) is 0 Å². The Balaban J connectivity index is 1.94. The fourth-order valence-electron chi connectivity index (χ4n) is 2.16. The van der Waals surface area contributed by atoms with E-state index in [4.69, 9.17) is 4.74 Å². The van der Waals surface area contributed by atoms with Crippen molar-refractivity contribution in [2.24, 2.45) is 0 Å². The van der Waals surface area contributed by atoms with Gasteiger partial charge in [-0.2, -0.15) is 13.2 Å². The van der Waals surface area contributed by atoms with E-state index in [0.717, 1.165) is 12.1 Å². The average Bonchev–Trinajstić information content (AvgIpc) is 2.47. The third-order valence-electron chi connectivity index (χ3n) is 3.51. The highest BCUT2D eigenvalue weighted by Crippen LogP contribution is 2.32. The second-order valence-electron chi connectivity index (χ2n) is 5.05. The number of nitrogens with zero attached hydrogens (tertiary/aromatic N) is 1. The first-order valence-corrected chi connectivity index (χ1v) is 6.82. The molecule has 1 aromatic rings. The average molecular weight is 314 g/mol. The van der Waals surface area contributed by atoms with Gasteiger partial charge in [0.25, 0.3) is 0 Å². The minimum Gasteiger partial charge on any atom is -0.486 e. The third kappa shape index (κ3) is 3.52. The van der Waals surface area contributed by atoms with Crippen LogP contribution < -0.4 is 10.1 Å². The SMILES string of the molecule is C=CCNC(=O)N1CC(Oc2cccc(C(F)(F)F)c2)C1C. The summed E-state index contributed by atoms with van der Waals surface area (Å²) in [5.41, 5.74) is -0.752. The summed E-state index contributed by atoms with van der Waals surface area (Å²) in [4.78, 5) is 13.3. The molecule has 22 heavy (non-hydrogen) atoms. The van der Waals surface area contributed by atoms with Gasteiger partial charge in [-0.1, -0.05) is 12.1 Å². The third-order valence-corrected chi connectivity index (χ3v) is 3.51. The first-order valence-electron chi connectivity index (χ1n) is 6.82. The van der Waals surface area contributed by atoms with Crippen molar-refractivity contribution in [2.75, 3.05) is 13.1 Å². The maximum atomic E-state index is 12.6. The fourth-order valence-corrected chi connectivity index (χ4v) is 2.16. The molecular formula is C15H17F3N2O2. The molecule has 0 radical (unpaired) electrons. The molecule has 1 heterocycles. The first kappa shape index (κ1) is 16.2. The van der Waals surface area contributed by atoms with E-state index in [1.54, 1.807) is 17.9 Å². The topological polar surface area (TPSA) is 41.6 Å². The Bertz CT molecular complexity index is 560. The van der Waals surface area contributed by atoms with Crippen molar-refractivity contribution >= 4 is 6.03 Å². The van der Waals surface area contributed by atoms with Crippen molar-refractivity contribution in [1.29, 1.82) is 0 Å². The van der Waals surface area contributed by atoms with Crippen LogP contribution in [0.25, 0.3) is 0 Å². The maximum Gasteiger partial charge on any atom is 0.416 e. The molecule has 2 unspecified atom stereocenters.